The first-order valence-electron chi connectivity index (χ1n) is 8.17. The van der Waals surface area contributed by atoms with Crippen LogP contribution in [0.15, 0.2) is 24.3 Å². The Balaban J connectivity index is 1.97. The van der Waals surface area contributed by atoms with Crippen molar-refractivity contribution in [3.8, 4) is 0 Å². The van der Waals surface area contributed by atoms with E-state index in [4.69, 9.17) is 0 Å². The molecule has 0 amide bonds. The number of benzene rings is 1. The quantitative estimate of drug-likeness (QED) is 0.864. The molecule has 0 aliphatic carbocycles. The molecule has 1 aliphatic rings. The van der Waals surface area contributed by atoms with Gasteiger partial charge < -0.3 is 10.2 Å². The van der Waals surface area contributed by atoms with Crippen LogP contribution in [-0.4, -0.2) is 20.1 Å². The van der Waals surface area contributed by atoms with E-state index >= 15 is 0 Å². The summed E-state index contributed by atoms with van der Waals surface area (Å²) in [5, 5.41) is 3.37. The fourth-order valence-corrected chi connectivity index (χ4v) is 3.35. The van der Waals surface area contributed by atoms with Gasteiger partial charge in [0.15, 0.2) is 0 Å². The molecule has 0 saturated carbocycles. The van der Waals surface area contributed by atoms with E-state index < -0.39 is 0 Å². The molecule has 1 heterocycles. The van der Waals surface area contributed by atoms with Gasteiger partial charge in [-0.3, -0.25) is 0 Å². The standard InChI is InChI=1S/C18H30N2/c1-5-18(19-4)16-6-8-17(9-7-16)20-12-10-15(11-13-20)14(2)3/h6-9,14-15,18-19H,5,10-13H2,1-4H3. The minimum absolute atomic E-state index is 0.482. The maximum atomic E-state index is 3.37. The second-order valence-electron chi connectivity index (χ2n) is 6.41. The lowest BCUT2D eigenvalue weighted by molar-refractivity contribution is 0.311. The van der Waals surface area contributed by atoms with E-state index in [0.29, 0.717) is 6.04 Å². The van der Waals surface area contributed by atoms with Crippen molar-refractivity contribution in [2.24, 2.45) is 11.8 Å². The van der Waals surface area contributed by atoms with Crippen molar-refractivity contribution < 1.29 is 0 Å². The number of hydrogen-bond acceptors (Lipinski definition) is 2. The summed E-state index contributed by atoms with van der Waals surface area (Å²) in [6.45, 7) is 9.37. The van der Waals surface area contributed by atoms with Crippen LogP contribution in [0.4, 0.5) is 5.69 Å². The topological polar surface area (TPSA) is 15.3 Å². The minimum atomic E-state index is 0.482. The number of hydrogen-bond donors (Lipinski definition) is 1. The van der Waals surface area contributed by atoms with Crippen LogP contribution in [0.1, 0.15) is 51.6 Å². The predicted molar refractivity (Wildman–Crippen MR) is 88.3 cm³/mol. The van der Waals surface area contributed by atoms with Gasteiger partial charge in [0.2, 0.25) is 0 Å². The Hall–Kier alpha value is -1.02. The number of nitrogens with zero attached hydrogens (tertiary/aromatic N) is 1. The molecule has 2 heteroatoms. The van der Waals surface area contributed by atoms with Gasteiger partial charge in [-0.05, 0) is 55.8 Å². The van der Waals surface area contributed by atoms with Gasteiger partial charge in [0.05, 0.1) is 0 Å². The van der Waals surface area contributed by atoms with Gasteiger partial charge in [0, 0.05) is 24.8 Å². The molecule has 1 aromatic rings. The monoisotopic (exact) mass is 274 g/mol. The molecule has 0 bridgehead atoms. The van der Waals surface area contributed by atoms with Crippen molar-refractivity contribution in [1.29, 1.82) is 0 Å². The highest BCUT2D eigenvalue weighted by Gasteiger charge is 2.21. The summed E-state index contributed by atoms with van der Waals surface area (Å²) in [6, 6.07) is 9.65. The zero-order valence-corrected chi connectivity index (χ0v) is 13.5. The molecule has 1 atom stereocenters. The number of rotatable bonds is 5. The second-order valence-corrected chi connectivity index (χ2v) is 6.41. The van der Waals surface area contributed by atoms with Crippen LogP contribution >= 0.6 is 0 Å². The average Bonchev–Trinajstić information content (AvgIpc) is 2.49. The van der Waals surface area contributed by atoms with Crippen LogP contribution < -0.4 is 10.2 Å². The van der Waals surface area contributed by atoms with Crippen LogP contribution in [0, 0.1) is 11.8 Å². The zero-order valence-electron chi connectivity index (χ0n) is 13.5. The first-order chi connectivity index (χ1) is 9.65. The Labute approximate surface area is 124 Å². The molecule has 1 saturated heterocycles. The summed E-state index contributed by atoms with van der Waals surface area (Å²) in [6.07, 6.45) is 3.82. The average molecular weight is 274 g/mol. The highest BCUT2D eigenvalue weighted by molar-refractivity contribution is 5.48. The van der Waals surface area contributed by atoms with Crippen molar-refractivity contribution in [3.63, 3.8) is 0 Å². The van der Waals surface area contributed by atoms with Crippen LogP contribution in [0.3, 0.4) is 0 Å². The van der Waals surface area contributed by atoms with Gasteiger partial charge in [0.1, 0.15) is 0 Å². The summed E-state index contributed by atoms with van der Waals surface area (Å²) in [5.74, 6) is 1.75. The number of anilines is 1. The van der Waals surface area contributed by atoms with Crippen LogP contribution in [0.5, 0.6) is 0 Å². The van der Waals surface area contributed by atoms with E-state index in [-0.39, 0.29) is 0 Å². The molecule has 1 fully saturated rings. The van der Waals surface area contributed by atoms with Crippen LogP contribution in [-0.2, 0) is 0 Å². The summed E-state index contributed by atoms with van der Waals surface area (Å²) in [4.78, 5) is 2.54. The van der Waals surface area contributed by atoms with E-state index in [2.05, 4.69) is 55.3 Å². The lowest BCUT2D eigenvalue weighted by Crippen LogP contribution is -2.35. The summed E-state index contributed by atoms with van der Waals surface area (Å²) >= 11 is 0. The Bertz CT molecular complexity index is 384. The first-order valence-corrected chi connectivity index (χ1v) is 8.17. The predicted octanol–water partition coefficient (Wildman–Crippen LogP) is 4.23. The van der Waals surface area contributed by atoms with Crippen molar-refractivity contribution in [2.45, 2.75) is 46.1 Å². The second kappa shape index (κ2) is 7.12. The van der Waals surface area contributed by atoms with Crippen molar-refractivity contribution >= 4 is 5.69 Å². The van der Waals surface area contributed by atoms with E-state index in [1.165, 1.54) is 37.2 Å². The first kappa shape index (κ1) is 15.4. The Morgan fingerprint density at radius 3 is 2.20 bits per heavy atom. The van der Waals surface area contributed by atoms with E-state index in [1.807, 2.05) is 7.05 Å². The Kier molecular flexibility index (Phi) is 5.47. The van der Waals surface area contributed by atoms with Gasteiger partial charge in [-0.15, -0.1) is 0 Å². The highest BCUT2D eigenvalue weighted by Crippen LogP contribution is 2.28. The van der Waals surface area contributed by atoms with E-state index in [0.717, 1.165) is 18.3 Å². The zero-order chi connectivity index (χ0) is 14.5. The summed E-state index contributed by atoms with van der Waals surface area (Å²) in [7, 11) is 2.04. The minimum Gasteiger partial charge on any atom is -0.372 e. The van der Waals surface area contributed by atoms with Gasteiger partial charge in [-0.25, -0.2) is 0 Å². The fourth-order valence-electron chi connectivity index (χ4n) is 3.35. The molecule has 112 valence electrons. The van der Waals surface area contributed by atoms with Gasteiger partial charge in [-0.1, -0.05) is 32.9 Å². The van der Waals surface area contributed by atoms with Crippen LogP contribution in [0.25, 0.3) is 0 Å². The van der Waals surface area contributed by atoms with Gasteiger partial charge >= 0.3 is 0 Å². The third-order valence-electron chi connectivity index (χ3n) is 4.90. The lowest BCUT2D eigenvalue weighted by atomic mass is 9.86. The Morgan fingerprint density at radius 1 is 1.15 bits per heavy atom. The molecule has 2 rings (SSSR count). The SMILES string of the molecule is CCC(NC)c1ccc(N2CCC(C(C)C)CC2)cc1. The molecule has 2 nitrogen and oxygen atoms in total. The Morgan fingerprint density at radius 2 is 1.75 bits per heavy atom. The van der Waals surface area contributed by atoms with E-state index in [9.17, 15) is 0 Å². The number of piperidine rings is 1. The molecular formula is C18H30N2. The fraction of sp³-hybridized carbons (Fsp3) is 0.667. The summed E-state index contributed by atoms with van der Waals surface area (Å²) < 4.78 is 0. The third-order valence-corrected chi connectivity index (χ3v) is 4.90. The maximum absolute atomic E-state index is 3.37. The van der Waals surface area contributed by atoms with Crippen molar-refractivity contribution in [3.05, 3.63) is 29.8 Å². The highest BCUT2D eigenvalue weighted by atomic mass is 15.1. The van der Waals surface area contributed by atoms with E-state index in [1.54, 1.807) is 0 Å². The molecular weight excluding hydrogens is 244 g/mol. The molecule has 1 aliphatic heterocycles. The third kappa shape index (κ3) is 3.54. The molecule has 0 aromatic heterocycles. The lowest BCUT2D eigenvalue weighted by Gasteiger charge is -2.35. The molecule has 0 radical (unpaired) electrons. The molecule has 20 heavy (non-hydrogen) atoms. The molecule has 1 N–H and O–H groups in total. The molecule has 1 unspecified atom stereocenters. The van der Waals surface area contributed by atoms with Crippen molar-refractivity contribution in [2.75, 3.05) is 25.0 Å². The molecule has 1 aromatic carbocycles. The largest absolute Gasteiger partial charge is 0.372 e. The smallest absolute Gasteiger partial charge is 0.0366 e. The molecule has 0 spiro atoms. The van der Waals surface area contributed by atoms with Gasteiger partial charge in [-0.2, -0.15) is 0 Å². The number of nitrogens with one attached hydrogen (secondary N) is 1. The van der Waals surface area contributed by atoms with Crippen molar-refractivity contribution in [1.82, 2.24) is 5.32 Å². The normalized spacial score (nSPS) is 18.6. The maximum Gasteiger partial charge on any atom is 0.0366 e. The van der Waals surface area contributed by atoms with Gasteiger partial charge in [0.25, 0.3) is 0 Å². The van der Waals surface area contributed by atoms with Crippen LogP contribution in [0.2, 0.25) is 0 Å². The summed E-state index contributed by atoms with van der Waals surface area (Å²) in [5.41, 5.74) is 2.79.